The second-order valence-corrected chi connectivity index (χ2v) is 4.38. The first kappa shape index (κ1) is 13.4. The molecule has 19 heavy (non-hydrogen) atoms. The minimum absolute atomic E-state index is 0.0201. The molecule has 2 aromatic rings. The molecule has 1 heterocycles. The average molecular weight is 284 g/mol. The van der Waals surface area contributed by atoms with Gasteiger partial charge >= 0.3 is 0 Å². The van der Waals surface area contributed by atoms with Gasteiger partial charge in [0.05, 0.1) is 11.1 Å². The Morgan fingerprint density at radius 3 is 3.00 bits per heavy atom. The van der Waals surface area contributed by atoms with E-state index < -0.39 is 5.82 Å². The largest absolute Gasteiger partial charge is 0.348 e. The lowest BCUT2D eigenvalue weighted by Gasteiger charge is -2.14. The lowest BCUT2D eigenvalue weighted by atomic mass is 10.1. The van der Waals surface area contributed by atoms with Crippen LogP contribution in [0.15, 0.2) is 24.5 Å². The summed E-state index contributed by atoms with van der Waals surface area (Å²) in [6.07, 6.45) is 1.35. The summed E-state index contributed by atoms with van der Waals surface area (Å²) < 4.78 is 14.3. The molecule has 0 aliphatic heterocycles. The minimum atomic E-state index is -0.488. The zero-order valence-corrected chi connectivity index (χ0v) is 10.8. The Balaban J connectivity index is 1.98. The highest BCUT2D eigenvalue weighted by molar-refractivity contribution is 6.30. The van der Waals surface area contributed by atoms with Gasteiger partial charge in [-0.3, -0.25) is 4.79 Å². The van der Waals surface area contributed by atoms with Gasteiger partial charge in [-0.05, 0) is 35.0 Å². The molecule has 0 saturated heterocycles. The number of halogens is 2. The smallest absolute Gasteiger partial charge is 0.242 e. The summed E-state index contributed by atoms with van der Waals surface area (Å²) in [6, 6.07) is 4.03. The monoisotopic (exact) mass is 283 g/mol. The first-order valence-corrected chi connectivity index (χ1v) is 5.89. The van der Waals surface area contributed by atoms with Crippen molar-refractivity contribution in [2.45, 2.75) is 19.5 Å². The summed E-state index contributed by atoms with van der Waals surface area (Å²) in [5, 5.41) is 13.2. The predicted molar refractivity (Wildman–Crippen MR) is 65.8 cm³/mol. The lowest BCUT2D eigenvalue weighted by molar-refractivity contribution is -0.122. The SMILES string of the molecule is CC(NC(=O)Cn1cnnn1)c1ccc(F)c(Cl)c1. The van der Waals surface area contributed by atoms with E-state index >= 15 is 0 Å². The van der Waals surface area contributed by atoms with Gasteiger partial charge in [-0.2, -0.15) is 0 Å². The topological polar surface area (TPSA) is 72.7 Å². The molecule has 0 aliphatic rings. The van der Waals surface area contributed by atoms with E-state index in [2.05, 4.69) is 20.8 Å². The number of hydrogen-bond acceptors (Lipinski definition) is 4. The number of rotatable bonds is 4. The van der Waals surface area contributed by atoms with Crippen molar-refractivity contribution in [3.05, 3.63) is 40.9 Å². The standard InChI is InChI=1S/C11H11ClFN5O/c1-7(8-2-3-10(13)9(12)4-8)15-11(19)5-18-6-14-16-17-18/h2-4,6-7H,5H2,1H3,(H,15,19). The van der Waals surface area contributed by atoms with Crippen LogP contribution < -0.4 is 5.32 Å². The Morgan fingerprint density at radius 2 is 2.37 bits per heavy atom. The zero-order chi connectivity index (χ0) is 13.8. The molecule has 1 aromatic heterocycles. The first-order valence-electron chi connectivity index (χ1n) is 5.51. The van der Waals surface area contributed by atoms with Crippen molar-refractivity contribution < 1.29 is 9.18 Å². The quantitative estimate of drug-likeness (QED) is 0.919. The number of carbonyl (C=O) groups excluding carboxylic acids is 1. The fourth-order valence-electron chi connectivity index (χ4n) is 1.55. The van der Waals surface area contributed by atoms with Crippen molar-refractivity contribution in [2.75, 3.05) is 0 Å². The van der Waals surface area contributed by atoms with Gasteiger partial charge in [0.25, 0.3) is 0 Å². The van der Waals surface area contributed by atoms with Crippen LogP contribution >= 0.6 is 11.6 Å². The van der Waals surface area contributed by atoms with E-state index in [0.717, 1.165) is 5.56 Å². The number of amides is 1. The molecule has 1 unspecified atom stereocenters. The second kappa shape index (κ2) is 5.75. The fourth-order valence-corrected chi connectivity index (χ4v) is 1.74. The Hall–Kier alpha value is -2.02. The highest BCUT2D eigenvalue weighted by Gasteiger charge is 2.12. The van der Waals surface area contributed by atoms with Crippen molar-refractivity contribution in [1.29, 1.82) is 0 Å². The molecule has 2 rings (SSSR count). The Morgan fingerprint density at radius 1 is 1.58 bits per heavy atom. The number of hydrogen-bond donors (Lipinski definition) is 1. The van der Waals surface area contributed by atoms with Crippen LogP contribution in [0.3, 0.4) is 0 Å². The van der Waals surface area contributed by atoms with E-state index in [4.69, 9.17) is 11.6 Å². The molecule has 0 bridgehead atoms. The van der Waals surface area contributed by atoms with Crippen LogP contribution in [0.5, 0.6) is 0 Å². The highest BCUT2D eigenvalue weighted by atomic mass is 35.5. The normalized spacial score (nSPS) is 12.2. The maximum atomic E-state index is 13.0. The number of aromatic nitrogens is 4. The van der Waals surface area contributed by atoms with Crippen LogP contribution in [0.25, 0.3) is 0 Å². The Bertz CT molecular complexity index is 574. The maximum Gasteiger partial charge on any atom is 0.242 e. The minimum Gasteiger partial charge on any atom is -0.348 e. The molecule has 1 aromatic carbocycles. The van der Waals surface area contributed by atoms with Crippen LogP contribution in [0, 0.1) is 5.82 Å². The van der Waals surface area contributed by atoms with Gasteiger partial charge in [-0.1, -0.05) is 17.7 Å². The van der Waals surface area contributed by atoms with Gasteiger partial charge in [0.2, 0.25) is 5.91 Å². The van der Waals surface area contributed by atoms with Crippen LogP contribution in [0.2, 0.25) is 5.02 Å². The van der Waals surface area contributed by atoms with Crippen molar-refractivity contribution in [1.82, 2.24) is 25.5 Å². The van der Waals surface area contributed by atoms with E-state index in [1.807, 2.05) is 0 Å². The van der Waals surface area contributed by atoms with Crippen molar-refractivity contribution in [3.63, 3.8) is 0 Å². The first-order chi connectivity index (χ1) is 9.06. The van der Waals surface area contributed by atoms with E-state index in [1.165, 1.54) is 23.1 Å². The van der Waals surface area contributed by atoms with Gasteiger partial charge in [0.15, 0.2) is 0 Å². The molecule has 1 amide bonds. The average Bonchev–Trinajstić information content (AvgIpc) is 2.85. The number of benzene rings is 1. The molecule has 1 atom stereocenters. The van der Waals surface area contributed by atoms with E-state index in [9.17, 15) is 9.18 Å². The molecule has 6 nitrogen and oxygen atoms in total. The summed E-state index contributed by atoms with van der Waals surface area (Å²) in [5.41, 5.74) is 0.719. The molecular weight excluding hydrogens is 273 g/mol. The molecule has 0 aliphatic carbocycles. The van der Waals surface area contributed by atoms with Crippen molar-refractivity contribution in [2.24, 2.45) is 0 Å². The fraction of sp³-hybridized carbons (Fsp3) is 0.273. The Kier molecular flexibility index (Phi) is 4.06. The zero-order valence-electron chi connectivity index (χ0n) is 10.0. The van der Waals surface area contributed by atoms with Gasteiger partial charge in [0.1, 0.15) is 18.7 Å². The van der Waals surface area contributed by atoms with Crippen LogP contribution in [-0.2, 0) is 11.3 Å². The third-order valence-electron chi connectivity index (χ3n) is 2.52. The summed E-state index contributed by atoms with van der Waals surface area (Å²) in [7, 11) is 0. The van der Waals surface area contributed by atoms with Gasteiger partial charge in [0, 0.05) is 0 Å². The maximum absolute atomic E-state index is 13.0. The molecular formula is C11H11ClFN5O. The number of carbonyl (C=O) groups is 1. The van der Waals surface area contributed by atoms with Crippen LogP contribution in [0.4, 0.5) is 4.39 Å². The second-order valence-electron chi connectivity index (χ2n) is 3.97. The molecule has 0 radical (unpaired) electrons. The van der Waals surface area contributed by atoms with E-state index in [0.29, 0.717) is 0 Å². The molecule has 8 heteroatoms. The third-order valence-corrected chi connectivity index (χ3v) is 2.81. The summed E-state index contributed by atoms with van der Waals surface area (Å²) >= 11 is 5.69. The lowest BCUT2D eigenvalue weighted by Crippen LogP contribution is -2.30. The molecule has 0 spiro atoms. The highest BCUT2D eigenvalue weighted by Crippen LogP contribution is 2.20. The number of nitrogens with one attached hydrogen (secondary N) is 1. The van der Waals surface area contributed by atoms with Crippen molar-refractivity contribution >= 4 is 17.5 Å². The third kappa shape index (κ3) is 3.47. The molecule has 1 N–H and O–H groups in total. The number of tetrazole rings is 1. The van der Waals surface area contributed by atoms with Gasteiger partial charge in [-0.15, -0.1) is 5.10 Å². The van der Waals surface area contributed by atoms with Crippen LogP contribution in [0.1, 0.15) is 18.5 Å². The summed E-state index contributed by atoms with van der Waals surface area (Å²) in [5.74, 6) is -0.738. The summed E-state index contributed by atoms with van der Waals surface area (Å²) in [6.45, 7) is 1.80. The molecule has 100 valence electrons. The summed E-state index contributed by atoms with van der Waals surface area (Å²) in [4.78, 5) is 11.7. The number of nitrogens with zero attached hydrogens (tertiary/aromatic N) is 4. The van der Waals surface area contributed by atoms with Gasteiger partial charge < -0.3 is 5.32 Å². The van der Waals surface area contributed by atoms with E-state index in [-0.39, 0.29) is 23.5 Å². The van der Waals surface area contributed by atoms with E-state index in [1.54, 1.807) is 13.0 Å². The van der Waals surface area contributed by atoms with Crippen molar-refractivity contribution in [3.8, 4) is 0 Å². The molecule has 0 saturated carbocycles. The molecule has 0 fully saturated rings. The Labute approximate surface area is 113 Å². The van der Waals surface area contributed by atoms with Crippen LogP contribution in [-0.4, -0.2) is 26.1 Å². The van der Waals surface area contributed by atoms with Gasteiger partial charge in [-0.25, -0.2) is 9.07 Å². The predicted octanol–water partition coefficient (Wildman–Crippen LogP) is 1.34.